The number of imide groups is 1. The molecule has 152 valence electrons. The molecule has 0 bridgehead atoms. The SMILES string of the molecule is CCNC(=O)[C@@H]1[C@@H](Cc2ccnc(N)c2)C(=O)N1C(=O)N[C@H](C)c1ccccc1. The van der Waals surface area contributed by atoms with Crippen LogP contribution < -0.4 is 16.4 Å². The van der Waals surface area contributed by atoms with Crippen LogP contribution in [-0.2, 0) is 16.0 Å². The monoisotopic (exact) mass is 395 g/mol. The van der Waals surface area contributed by atoms with E-state index in [4.69, 9.17) is 5.73 Å². The first kappa shape index (κ1) is 20.3. The van der Waals surface area contributed by atoms with E-state index in [0.717, 1.165) is 16.0 Å². The molecule has 1 saturated heterocycles. The molecule has 0 aliphatic carbocycles. The summed E-state index contributed by atoms with van der Waals surface area (Å²) in [4.78, 5) is 43.1. The van der Waals surface area contributed by atoms with Gasteiger partial charge in [-0.05, 0) is 43.5 Å². The summed E-state index contributed by atoms with van der Waals surface area (Å²) >= 11 is 0. The van der Waals surface area contributed by atoms with Gasteiger partial charge in [-0.15, -0.1) is 0 Å². The Labute approximate surface area is 169 Å². The zero-order valence-corrected chi connectivity index (χ0v) is 16.5. The lowest BCUT2D eigenvalue weighted by Crippen LogP contribution is -2.70. The Hall–Kier alpha value is -3.42. The largest absolute Gasteiger partial charge is 0.384 e. The van der Waals surface area contributed by atoms with E-state index in [1.807, 2.05) is 37.3 Å². The second kappa shape index (κ2) is 8.72. The Morgan fingerprint density at radius 2 is 1.97 bits per heavy atom. The lowest BCUT2D eigenvalue weighted by atomic mass is 9.82. The van der Waals surface area contributed by atoms with Gasteiger partial charge in [0.05, 0.1) is 12.0 Å². The highest BCUT2D eigenvalue weighted by atomic mass is 16.2. The number of nitrogens with zero attached hydrogens (tertiary/aromatic N) is 2. The van der Waals surface area contributed by atoms with Gasteiger partial charge in [-0.1, -0.05) is 30.3 Å². The highest BCUT2D eigenvalue weighted by Gasteiger charge is 2.54. The molecule has 0 unspecified atom stereocenters. The molecule has 4 N–H and O–H groups in total. The molecular formula is C21H25N5O3. The first-order valence-electron chi connectivity index (χ1n) is 9.59. The fourth-order valence-corrected chi connectivity index (χ4v) is 3.51. The number of hydrogen-bond donors (Lipinski definition) is 3. The molecule has 1 aliphatic heterocycles. The van der Waals surface area contributed by atoms with Crippen LogP contribution in [-0.4, -0.2) is 40.3 Å². The molecule has 29 heavy (non-hydrogen) atoms. The normalized spacial score (nSPS) is 19.2. The second-order valence-corrected chi connectivity index (χ2v) is 7.03. The number of nitrogen functional groups attached to an aromatic ring is 1. The minimum atomic E-state index is -0.861. The lowest BCUT2D eigenvalue weighted by Gasteiger charge is -2.44. The number of hydrogen-bond acceptors (Lipinski definition) is 5. The first-order valence-corrected chi connectivity index (χ1v) is 9.59. The van der Waals surface area contributed by atoms with Gasteiger partial charge in [-0.3, -0.25) is 14.5 Å². The van der Waals surface area contributed by atoms with E-state index in [1.165, 1.54) is 0 Å². The van der Waals surface area contributed by atoms with Crippen molar-refractivity contribution < 1.29 is 14.4 Å². The van der Waals surface area contributed by atoms with Crippen LogP contribution in [0.25, 0.3) is 0 Å². The van der Waals surface area contributed by atoms with Gasteiger partial charge >= 0.3 is 6.03 Å². The van der Waals surface area contributed by atoms with E-state index in [2.05, 4.69) is 15.6 Å². The van der Waals surface area contributed by atoms with Gasteiger partial charge in [0.2, 0.25) is 11.8 Å². The summed E-state index contributed by atoms with van der Waals surface area (Å²) in [5.74, 6) is -1.01. The molecule has 1 aromatic heterocycles. The van der Waals surface area contributed by atoms with Crippen molar-refractivity contribution in [2.45, 2.75) is 32.4 Å². The third-order valence-corrected chi connectivity index (χ3v) is 4.99. The molecule has 3 rings (SSSR count). The van der Waals surface area contributed by atoms with Crippen LogP contribution in [0.4, 0.5) is 10.6 Å². The summed E-state index contributed by atoms with van der Waals surface area (Å²) in [6.45, 7) is 4.03. The number of aromatic nitrogens is 1. The molecule has 8 nitrogen and oxygen atoms in total. The smallest absolute Gasteiger partial charge is 0.325 e. The average Bonchev–Trinajstić information content (AvgIpc) is 2.70. The fourth-order valence-electron chi connectivity index (χ4n) is 3.51. The number of benzene rings is 1. The third-order valence-electron chi connectivity index (χ3n) is 4.99. The molecule has 8 heteroatoms. The van der Waals surface area contributed by atoms with Crippen LogP contribution in [0, 0.1) is 5.92 Å². The maximum atomic E-state index is 12.8. The Morgan fingerprint density at radius 3 is 2.62 bits per heavy atom. The minimum absolute atomic E-state index is 0.301. The Balaban J connectivity index is 1.75. The Bertz CT molecular complexity index is 902. The molecule has 0 saturated carbocycles. The average molecular weight is 395 g/mol. The number of likely N-dealkylation sites (N-methyl/N-ethyl adjacent to an activating group) is 1. The zero-order chi connectivity index (χ0) is 21.0. The summed E-state index contributed by atoms with van der Waals surface area (Å²) in [5.41, 5.74) is 7.41. The van der Waals surface area contributed by atoms with Gasteiger partial charge in [0.1, 0.15) is 11.9 Å². The summed E-state index contributed by atoms with van der Waals surface area (Å²) in [6.07, 6.45) is 1.87. The van der Waals surface area contributed by atoms with Crippen LogP contribution in [0.2, 0.25) is 0 Å². The van der Waals surface area contributed by atoms with Gasteiger partial charge in [0.15, 0.2) is 0 Å². The van der Waals surface area contributed by atoms with Gasteiger partial charge in [0.25, 0.3) is 0 Å². The van der Waals surface area contributed by atoms with E-state index in [1.54, 1.807) is 25.3 Å². The molecule has 0 spiro atoms. The maximum absolute atomic E-state index is 12.8. The van der Waals surface area contributed by atoms with Crippen molar-refractivity contribution in [2.24, 2.45) is 5.92 Å². The molecule has 3 atom stereocenters. The van der Waals surface area contributed by atoms with E-state index < -0.39 is 18.0 Å². The van der Waals surface area contributed by atoms with Crippen molar-refractivity contribution in [1.82, 2.24) is 20.5 Å². The van der Waals surface area contributed by atoms with Gasteiger partial charge in [0, 0.05) is 12.7 Å². The number of likely N-dealkylation sites (tertiary alicyclic amines) is 1. The van der Waals surface area contributed by atoms with Crippen LogP contribution in [0.15, 0.2) is 48.7 Å². The van der Waals surface area contributed by atoms with Crippen LogP contribution in [0.5, 0.6) is 0 Å². The van der Waals surface area contributed by atoms with Gasteiger partial charge in [-0.25, -0.2) is 9.78 Å². The van der Waals surface area contributed by atoms with Crippen molar-refractivity contribution in [3.63, 3.8) is 0 Å². The quantitative estimate of drug-likeness (QED) is 0.643. The lowest BCUT2D eigenvalue weighted by molar-refractivity contribution is -0.157. The van der Waals surface area contributed by atoms with Crippen LogP contribution in [0.3, 0.4) is 0 Å². The maximum Gasteiger partial charge on any atom is 0.325 e. The number of nitrogens with two attached hydrogens (primary N) is 1. The molecule has 1 aromatic carbocycles. The Kier molecular flexibility index (Phi) is 6.11. The minimum Gasteiger partial charge on any atom is -0.384 e. The van der Waals surface area contributed by atoms with E-state index in [9.17, 15) is 14.4 Å². The fraction of sp³-hybridized carbons (Fsp3) is 0.333. The molecule has 0 radical (unpaired) electrons. The number of rotatable bonds is 6. The zero-order valence-electron chi connectivity index (χ0n) is 16.5. The number of β-lactam (4-membered cyclic amide) rings is 1. The molecule has 4 amide bonds. The molecular weight excluding hydrogens is 370 g/mol. The number of carbonyl (C=O) groups excluding carboxylic acids is 3. The highest BCUT2D eigenvalue weighted by Crippen LogP contribution is 2.31. The topological polar surface area (TPSA) is 117 Å². The Morgan fingerprint density at radius 1 is 1.24 bits per heavy atom. The van der Waals surface area contributed by atoms with E-state index >= 15 is 0 Å². The predicted octanol–water partition coefficient (Wildman–Crippen LogP) is 1.64. The number of nitrogens with one attached hydrogen (secondary N) is 2. The molecule has 1 aliphatic rings. The van der Waals surface area contributed by atoms with Crippen molar-refractivity contribution in [1.29, 1.82) is 0 Å². The number of pyridine rings is 1. The van der Waals surface area contributed by atoms with Crippen molar-refractivity contribution in [3.8, 4) is 0 Å². The van der Waals surface area contributed by atoms with Crippen LogP contribution >= 0.6 is 0 Å². The van der Waals surface area contributed by atoms with Gasteiger partial charge in [-0.2, -0.15) is 0 Å². The second-order valence-electron chi connectivity index (χ2n) is 7.03. The van der Waals surface area contributed by atoms with Crippen molar-refractivity contribution in [2.75, 3.05) is 12.3 Å². The standard InChI is InChI=1S/C21H25N5O3/c1-3-23-19(27)18-16(11-14-9-10-24-17(22)12-14)20(28)26(18)21(29)25-13(2)15-7-5-4-6-8-15/h4-10,12-13,16,18H,3,11H2,1-2H3,(H2,22,24)(H,23,27)(H,25,29)/t13-,16-,18+/m1/s1. The van der Waals surface area contributed by atoms with E-state index in [-0.39, 0.29) is 17.9 Å². The molecule has 2 heterocycles. The summed E-state index contributed by atoms with van der Waals surface area (Å²) in [6, 6.07) is 11.1. The summed E-state index contributed by atoms with van der Waals surface area (Å²) in [5, 5.41) is 5.52. The van der Waals surface area contributed by atoms with Gasteiger partial charge < -0.3 is 16.4 Å². The third kappa shape index (κ3) is 4.37. The number of carbonyl (C=O) groups is 3. The predicted molar refractivity (Wildman–Crippen MR) is 109 cm³/mol. The highest BCUT2D eigenvalue weighted by molar-refractivity contribution is 6.09. The molecule has 1 fully saturated rings. The van der Waals surface area contributed by atoms with Crippen LogP contribution in [0.1, 0.15) is 31.0 Å². The first-order chi connectivity index (χ1) is 13.9. The number of anilines is 1. The number of urea groups is 1. The summed E-state index contributed by atoms with van der Waals surface area (Å²) < 4.78 is 0. The van der Waals surface area contributed by atoms with Crippen molar-refractivity contribution in [3.05, 3.63) is 59.8 Å². The number of amides is 4. The summed E-state index contributed by atoms with van der Waals surface area (Å²) in [7, 11) is 0. The van der Waals surface area contributed by atoms with Crippen molar-refractivity contribution >= 4 is 23.7 Å². The molecule has 2 aromatic rings. The van der Waals surface area contributed by atoms with E-state index in [0.29, 0.717) is 18.8 Å².